The third kappa shape index (κ3) is 2.26. The lowest BCUT2D eigenvalue weighted by atomic mass is 10.1. The molecular weight excluding hydrogens is 245 g/mol. The molecule has 0 amide bonds. The monoisotopic (exact) mass is 255 g/mol. The van der Waals surface area contributed by atoms with Gasteiger partial charge in [-0.05, 0) is 18.6 Å². The zero-order chi connectivity index (χ0) is 12.4. The highest BCUT2D eigenvalue weighted by atomic mass is 35.5. The second-order valence-corrected chi connectivity index (χ2v) is 3.92. The summed E-state index contributed by atoms with van der Waals surface area (Å²) < 4.78 is 23.5. The first kappa shape index (κ1) is 11.9. The predicted molar refractivity (Wildman–Crippen MR) is 62.8 cm³/mol. The standard InChI is InChI=1S/C12H11ClFNO2/c1-3-8-6-10(17-15-8)7-4-9(13)12(14)11(5-7)16-2/h4-6H,3H2,1-2H3. The van der Waals surface area contributed by atoms with E-state index in [1.165, 1.54) is 19.2 Å². The third-order valence-corrected chi connectivity index (χ3v) is 2.70. The van der Waals surface area contributed by atoms with E-state index < -0.39 is 5.82 Å². The Labute approximate surface area is 103 Å². The van der Waals surface area contributed by atoms with Crippen molar-refractivity contribution in [3.05, 3.63) is 34.7 Å². The van der Waals surface area contributed by atoms with Crippen LogP contribution in [0.2, 0.25) is 5.02 Å². The number of benzene rings is 1. The van der Waals surface area contributed by atoms with Crippen molar-refractivity contribution in [2.45, 2.75) is 13.3 Å². The Morgan fingerprint density at radius 1 is 1.41 bits per heavy atom. The molecule has 1 heterocycles. The van der Waals surface area contributed by atoms with Gasteiger partial charge < -0.3 is 9.26 Å². The fraction of sp³-hybridized carbons (Fsp3) is 0.250. The van der Waals surface area contributed by atoms with E-state index in [1.807, 2.05) is 6.92 Å². The van der Waals surface area contributed by atoms with E-state index in [4.69, 9.17) is 20.9 Å². The SMILES string of the molecule is CCc1cc(-c2cc(Cl)c(F)c(OC)c2)on1. The van der Waals surface area contributed by atoms with Crippen molar-refractivity contribution >= 4 is 11.6 Å². The van der Waals surface area contributed by atoms with Gasteiger partial charge in [0.25, 0.3) is 0 Å². The summed E-state index contributed by atoms with van der Waals surface area (Å²) in [5, 5.41) is 3.86. The van der Waals surface area contributed by atoms with Crippen molar-refractivity contribution in [3.8, 4) is 17.1 Å². The molecule has 0 aliphatic carbocycles. The molecule has 2 aromatic rings. The largest absolute Gasteiger partial charge is 0.494 e. The second kappa shape index (κ2) is 4.75. The molecule has 0 saturated heterocycles. The Bertz CT molecular complexity index is 539. The minimum atomic E-state index is -0.576. The third-order valence-electron chi connectivity index (χ3n) is 2.42. The smallest absolute Gasteiger partial charge is 0.183 e. The summed E-state index contributed by atoms with van der Waals surface area (Å²) in [5.41, 5.74) is 1.47. The fourth-order valence-corrected chi connectivity index (χ4v) is 1.68. The van der Waals surface area contributed by atoms with Crippen LogP contribution < -0.4 is 4.74 Å². The normalized spacial score (nSPS) is 10.6. The zero-order valence-corrected chi connectivity index (χ0v) is 10.2. The molecule has 5 heteroatoms. The maximum absolute atomic E-state index is 13.5. The molecule has 2 rings (SSSR count). The Hall–Kier alpha value is -1.55. The van der Waals surface area contributed by atoms with Crippen LogP contribution in [0.15, 0.2) is 22.7 Å². The van der Waals surface area contributed by atoms with Crippen LogP contribution in [0.5, 0.6) is 5.75 Å². The van der Waals surface area contributed by atoms with Gasteiger partial charge in [-0.15, -0.1) is 0 Å². The van der Waals surface area contributed by atoms with Gasteiger partial charge in [0.05, 0.1) is 17.8 Å². The highest BCUT2D eigenvalue weighted by Gasteiger charge is 2.13. The predicted octanol–water partition coefficient (Wildman–Crippen LogP) is 3.71. The summed E-state index contributed by atoms with van der Waals surface area (Å²) in [7, 11) is 1.39. The summed E-state index contributed by atoms with van der Waals surface area (Å²) in [5.74, 6) is 0.0529. The average molecular weight is 256 g/mol. The Kier molecular flexibility index (Phi) is 3.33. The molecule has 3 nitrogen and oxygen atoms in total. The van der Waals surface area contributed by atoms with Gasteiger partial charge in [-0.3, -0.25) is 0 Å². The van der Waals surface area contributed by atoms with Gasteiger partial charge >= 0.3 is 0 Å². The van der Waals surface area contributed by atoms with E-state index in [0.29, 0.717) is 11.3 Å². The maximum atomic E-state index is 13.5. The van der Waals surface area contributed by atoms with Crippen molar-refractivity contribution < 1.29 is 13.7 Å². The molecule has 17 heavy (non-hydrogen) atoms. The van der Waals surface area contributed by atoms with Gasteiger partial charge in [0, 0.05) is 11.6 Å². The molecule has 0 bridgehead atoms. The number of rotatable bonds is 3. The van der Waals surface area contributed by atoms with Gasteiger partial charge in [-0.1, -0.05) is 23.7 Å². The van der Waals surface area contributed by atoms with E-state index in [1.54, 1.807) is 6.07 Å². The van der Waals surface area contributed by atoms with Crippen LogP contribution in [-0.2, 0) is 6.42 Å². The van der Waals surface area contributed by atoms with Crippen molar-refractivity contribution in [1.82, 2.24) is 5.16 Å². The van der Waals surface area contributed by atoms with E-state index in [0.717, 1.165) is 12.1 Å². The minimum absolute atomic E-state index is 0.00574. The van der Waals surface area contributed by atoms with Gasteiger partial charge in [0.2, 0.25) is 0 Å². The summed E-state index contributed by atoms with van der Waals surface area (Å²) >= 11 is 5.77. The Balaban J connectivity index is 2.48. The molecule has 0 unspecified atom stereocenters. The first-order chi connectivity index (χ1) is 8.15. The molecule has 0 aliphatic rings. The average Bonchev–Trinajstić information content (AvgIpc) is 2.81. The van der Waals surface area contributed by atoms with Crippen molar-refractivity contribution in [2.24, 2.45) is 0 Å². The van der Waals surface area contributed by atoms with E-state index in [9.17, 15) is 4.39 Å². The molecule has 1 aromatic heterocycles. The van der Waals surface area contributed by atoms with Crippen LogP contribution in [0.1, 0.15) is 12.6 Å². The topological polar surface area (TPSA) is 35.3 Å². The summed E-state index contributed by atoms with van der Waals surface area (Å²) in [6, 6.07) is 4.81. The van der Waals surface area contributed by atoms with Gasteiger partial charge in [-0.25, -0.2) is 4.39 Å². The molecule has 0 saturated carbocycles. The molecule has 0 N–H and O–H groups in total. The number of hydrogen-bond acceptors (Lipinski definition) is 3. The number of nitrogens with zero attached hydrogens (tertiary/aromatic N) is 1. The Morgan fingerprint density at radius 3 is 2.76 bits per heavy atom. The number of hydrogen-bond donors (Lipinski definition) is 0. The Morgan fingerprint density at radius 2 is 2.18 bits per heavy atom. The molecule has 0 spiro atoms. The lowest BCUT2D eigenvalue weighted by molar-refractivity contribution is 0.386. The van der Waals surface area contributed by atoms with Gasteiger partial charge in [0.1, 0.15) is 0 Å². The highest BCUT2D eigenvalue weighted by molar-refractivity contribution is 6.31. The first-order valence-electron chi connectivity index (χ1n) is 5.14. The van der Waals surface area contributed by atoms with Gasteiger partial charge in [-0.2, -0.15) is 0 Å². The number of methoxy groups -OCH3 is 1. The van der Waals surface area contributed by atoms with Crippen LogP contribution in [0.4, 0.5) is 4.39 Å². The second-order valence-electron chi connectivity index (χ2n) is 3.51. The van der Waals surface area contributed by atoms with Crippen molar-refractivity contribution in [2.75, 3.05) is 7.11 Å². The molecule has 0 radical (unpaired) electrons. The quantitative estimate of drug-likeness (QED) is 0.839. The fourth-order valence-electron chi connectivity index (χ4n) is 1.47. The minimum Gasteiger partial charge on any atom is -0.494 e. The first-order valence-corrected chi connectivity index (χ1v) is 5.52. The van der Waals surface area contributed by atoms with Crippen molar-refractivity contribution in [1.29, 1.82) is 0 Å². The van der Waals surface area contributed by atoms with Crippen LogP contribution >= 0.6 is 11.6 Å². The molecular formula is C12H11ClFNO2. The molecule has 0 atom stereocenters. The molecule has 1 aromatic carbocycles. The highest BCUT2D eigenvalue weighted by Crippen LogP contribution is 2.32. The number of halogens is 2. The van der Waals surface area contributed by atoms with Crippen LogP contribution in [0, 0.1) is 5.82 Å². The number of aryl methyl sites for hydroxylation is 1. The maximum Gasteiger partial charge on any atom is 0.183 e. The zero-order valence-electron chi connectivity index (χ0n) is 9.46. The summed E-state index contributed by atoms with van der Waals surface area (Å²) in [6.45, 7) is 1.97. The summed E-state index contributed by atoms with van der Waals surface area (Å²) in [6.07, 6.45) is 0.773. The lowest BCUT2D eigenvalue weighted by Crippen LogP contribution is -1.90. The molecule has 0 aliphatic heterocycles. The van der Waals surface area contributed by atoms with Gasteiger partial charge in [0.15, 0.2) is 17.3 Å². The van der Waals surface area contributed by atoms with E-state index >= 15 is 0 Å². The lowest BCUT2D eigenvalue weighted by Gasteiger charge is -2.05. The van der Waals surface area contributed by atoms with Crippen LogP contribution in [0.3, 0.4) is 0 Å². The van der Waals surface area contributed by atoms with Crippen molar-refractivity contribution in [3.63, 3.8) is 0 Å². The van der Waals surface area contributed by atoms with Crippen LogP contribution in [-0.4, -0.2) is 12.3 Å². The number of aromatic nitrogens is 1. The van der Waals surface area contributed by atoms with E-state index in [2.05, 4.69) is 5.16 Å². The summed E-state index contributed by atoms with van der Waals surface area (Å²) in [4.78, 5) is 0. The van der Waals surface area contributed by atoms with Crippen LogP contribution in [0.25, 0.3) is 11.3 Å². The number of ether oxygens (including phenoxy) is 1. The molecule has 90 valence electrons. The molecule has 0 fully saturated rings. The van der Waals surface area contributed by atoms with E-state index in [-0.39, 0.29) is 10.8 Å².